The second kappa shape index (κ2) is 6.84. The monoisotopic (exact) mass is 364 g/mol. The maximum Gasteiger partial charge on any atom is 0.490 e. The first-order valence-corrected chi connectivity index (χ1v) is 9.82. The maximum atomic E-state index is 12.8. The Morgan fingerprint density at radius 3 is 2.27 bits per heavy atom. The van der Waals surface area contributed by atoms with Crippen molar-refractivity contribution in [3.63, 3.8) is 0 Å². The normalized spacial score (nSPS) is 31.6. The molecule has 3 aliphatic rings. The summed E-state index contributed by atoms with van der Waals surface area (Å²) in [4.78, 5) is 16.6. The Hall–Kier alpha value is -1.05. The molecule has 3 aliphatic heterocycles. The molecule has 0 aliphatic carbocycles. The lowest BCUT2D eigenvalue weighted by Gasteiger charge is -2.32. The zero-order chi connectivity index (χ0) is 19.2. The number of nitrogens with zero attached hydrogens (tertiary/aromatic N) is 2. The molecule has 0 radical (unpaired) electrons. The average Bonchev–Trinajstić information content (AvgIpc) is 2.68. The topological polar surface area (TPSA) is 62.2 Å². The van der Waals surface area contributed by atoms with Crippen molar-refractivity contribution in [3.8, 4) is 0 Å². The molecular weight excluding hydrogens is 331 g/mol. The number of aliphatic hydroxyl groups is 1. The van der Waals surface area contributed by atoms with Crippen LogP contribution in [0.25, 0.3) is 0 Å². The van der Waals surface area contributed by atoms with Crippen molar-refractivity contribution in [2.45, 2.75) is 77.1 Å². The van der Waals surface area contributed by atoms with Crippen molar-refractivity contribution in [2.75, 3.05) is 26.2 Å². The van der Waals surface area contributed by atoms with Gasteiger partial charge in [-0.2, -0.15) is 0 Å². The van der Waals surface area contributed by atoms with Crippen molar-refractivity contribution < 1.29 is 19.2 Å². The molecular formula is C19H33BN2O4. The quantitative estimate of drug-likeness (QED) is 0.727. The number of hydrogen-bond donors (Lipinski definition) is 1. The Morgan fingerprint density at radius 2 is 1.69 bits per heavy atom. The highest BCUT2D eigenvalue weighted by atomic mass is 16.7. The minimum Gasteiger partial charge on any atom is -0.400 e. The first-order valence-electron chi connectivity index (χ1n) is 9.82. The first-order chi connectivity index (χ1) is 12.0. The molecule has 2 saturated heterocycles. The van der Waals surface area contributed by atoms with Crippen LogP contribution in [0.15, 0.2) is 11.5 Å². The lowest BCUT2D eigenvalue weighted by atomic mass is 9.75. The van der Waals surface area contributed by atoms with Crippen LogP contribution in [0.2, 0.25) is 0 Å². The number of rotatable bonds is 1. The highest BCUT2D eigenvalue weighted by molar-refractivity contribution is 6.54. The molecule has 0 aromatic rings. The summed E-state index contributed by atoms with van der Waals surface area (Å²) in [6.45, 7) is 12.7. The van der Waals surface area contributed by atoms with Gasteiger partial charge in [0.2, 0.25) is 0 Å². The van der Waals surface area contributed by atoms with Crippen molar-refractivity contribution in [3.05, 3.63) is 11.5 Å². The molecule has 2 amide bonds. The summed E-state index contributed by atoms with van der Waals surface area (Å²) < 4.78 is 12.2. The molecule has 0 saturated carbocycles. The van der Waals surface area contributed by atoms with Crippen molar-refractivity contribution in [1.29, 1.82) is 0 Å². The maximum absolute atomic E-state index is 12.8. The molecule has 1 N–H and O–H groups in total. The molecule has 0 aromatic carbocycles. The molecule has 2 fully saturated rings. The van der Waals surface area contributed by atoms with Gasteiger partial charge in [-0.25, -0.2) is 4.79 Å². The van der Waals surface area contributed by atoms with Crippen LogP contribution < -0.4 is 0 Å². The van der Waals surface area contributed by atoms with Crippen LogP contribution in [0.3, 0.4) is 0 Å². The highest BCUT2D eigenvalue weighted by Crippen LogP contribution is 2.39. The fraction of sp³-hybridized carbons (Fsp3) is 0.842. The van der Waals surface area contributed by atoms with Gasteiger partial charge in [0.05, 0.1) is 16.8 Å². The van der Waals surface area contributed by atoms with E-state index in [0.29, 0.717) is 26.1 Å². The third-order valence-corrected chi connectivity index (χ3v) is 6.40. The summed E-state index contributed by atoms with van der Waals surface area (Å²) in [6.07, 6.45) is 5.09. The molecule has 7 heteroatoms. The summed E-state index contributed by atoms with van der Waals surface area (Å²) in [6, 6.07) is 0.0759. The van der Waals surface area contributed by atoms with Crippen LogP contribution in [0.4, 0.5) is 4.79 Å². The van der Waals surface area contributed by atoms with Gasteiger partial charge in [-0.15, -0.1) is 0 Å². The van der Waals surface area contributed by atoms with Crippen LogP contribution in [-0.4, -0.2) is 71.0 Å². The second-order valence-electron chi connectivity index (χ2n) is 9.18. The summed E-state index contributed by atoms with van der Waals surface area (Å²) in [5.74, 6) is 0. The van der Waals surface area contributed by atoms with E-state index in [0.717, 1.165) is 31.3 Å². The molecule has 0 spiro atoms. The van der Waals surface area contributed by atoms with Gasteiger partial charge in [0.1, 0.15) is 0 Å². The summed E-state index contributed by atoms with van der Waals surface area (Å²) in [5.41, 5.74) is -0.199. The molecule has 1 atom stereocenters. The molecule has 0 aromatic heterocycles. The summed E-state index contributed by atoms with van der Waals surface area (Å²) in [5, 5.41) is 10.2. The van der Waals surface area contributed by atoms with Crippen LogP contribution in [-0.2, 0) is 9.31 Å². The van der Waals surface area contributed by atoms with Crippen molar-refractivity contribution >= 4 is 13.1 Å². The zero-order valence-corrected chi connectivity index (χ0v) is 16.9. The Kier molecular flexibility index (Phi) is 5.19. The lowest BCUT2D eigenvalue weighted by molar-refractivity contribution is 0.00578. The van der Waals surface area contributed by atoms with Gasteiger partial charge >= 0.3 is 13.1 Å². The van der Waals surface area contributed by atoms with Gasteiger partial charge in [0.15, 0.2) is 0 Å². The van der Waals surface area contributed by atoms with E-state index in [1.165, 1.54) is 0 Å². The predicted octanol–water partition coefficient (Wildman–Crippen LogP) is 2.61. The third-order valence-electron chi connectivity index (χ3n) is 6.40. The first kappa shape index (κ1) is 19.7. The fourth-order valence-electron chi connectivity index (χ4n) is 3.72. The van der Waals surface area contributed by atoms with Crippen LogP contribution in [0.1, 0.15) is 60.3 Å². The predicted molar refractivity (Wildman–Crippen MR) is 102 cm³/mol. The van der Waals surface area contributed by atoms with E-state index in [9.17, 15) is 9.90 Å². The Labute approximate surface area is 157 Å². The number of amides is 2. The summed E-state index contributed by atoms with van der Waals surface area (Å²) >= 11 is 0. The molecule has 146 valence electrons. The number of urea groups is 1. The van der Waals surface area contributed by atoms with E-state index >= 15 is 0 Å². The van der Waals surface area contributed by atoms with Gasteiger partial charge < -0.3 is 24.2 Å². The van der Waals surface area contributed by atoms with Crippen LogP contribution in [0.5, 0.6) is 0 Å². The van der Waals surface area contributed by atoms with Crippen LogP contribution >= 0.6 is 0 Å². The molecule has 3 rings (SSSR count). The average molecular weight is 364 g/mol. The van der Waals surface area contributed by atoms with E-state index in [1.54, 1.807) is 0 Å². The van der Waals surface area contributed by atoms with Gasteiger partial charge in [-0.3, -0.25) is 0 Å². The van der Waals surface area contributed by atoms with Gasteiger partial charge in [-0.1, -0.05) is 6.08 Å². The van der Waals surface area contributed by atoms with E-state index in [2.05, 4.69) is 33.8 Å². The standard InChI is InChI=1S/C19H33BN2O4/c1-17(2)18(3,4)26-20(25-17)15-7-12-22(13-8-15)16(23)21-11-6-9-19(5,24)10-14-21/h7,24H,6,8-14H2,1-5H3. The van der Waals surface area contributed by atoms with E-state index < -0.39 is 5.60 Å². The summed E-state index contributed by atoms with van der Waals surface area (Å²) in [7, 11) is -0.314. The van der Waals surface area contributed by atoms with E-state index in [-0.39, 0.29) is 24.4 Å². The minimum absolute atomic E-state index is 0.0759. The molecule has 0 bridgehead atoms. The molecule has 6 nitrogen and oxygen atoms in total. The smallest absolute Gasteiger partial charge is 0.400 e. The Bertz CT molecular complexity index is 572. The van der Waals surface area contributed by atoms with Gasteiger partial charge in [0.25, 0.3) is 0 Å². The number of likely N-dealkylation sites (tertiary alicyclic amines) is 1. The van der Waals surface area contributed by atoms with Gasteiger partial charge in [-0.05, 0) is 65.8 Å². The molecule has 26 heavy (non-hydrogen) atoms. The largest absolute Gasteiger partial charge is 0.490 e. The SMILES string of the molecule is CC1(O)CCCN(C(=O)N2CC=C(B3OC(C)(C)C(C)(C)O3)CC2)CC1. The Balaban J connectivity index is 1.58. The number of hydrogen-bond acceptors (Lipinski definition) is 4. The van der Waals surface area contributed by atoms with Gasteiger partial charge in [0, 0.05) is 26.2 Å². The fourth-order valence-corrected chi connectivity index (χ4v) is 3.72. The molecule has 1 unspecified atom stereocenters. The van der Waals surface area contributed by atoms with E-state index in [4.69, 9.17) is 9.31 Å². The third kappa shape index (κ3) is 3.95. The Morgan fingerprint density at radius 1 is 1.04 bits per heavy atom. The number of carbonyl (C=O) groups excluding carboxylic acids is 1. The van der Waals surface area contributed by atoms with Crippen LogP contribution in [0, 0.1) is 0 Å². The van der Waals surface area contributed by atoms with Crippen molar-refractivity contribution in [1.82, 2.24) is 9.80 Å². The lowest BCUT2D eigenvalue weighted by Crippen LogP contribution is -2.46. The van der Waals surface area contributed by atoms with Crippen molar-refractivity contribution in [2.24, 2.45) is 0 Å². The second-order valence-corrected chi connectivity index (χ2v) is 9.18. The molecule has 3 heterocycles. The number of carbonyl (C=O) groups is 1. The minimum atomic E-state index is -0.652. The van der Waals surface area contributed by atoms with E-state index in [1.807, 2.05) is 16.7 Å². The zero-order valence-electron chi connectivity index (χ0n) is 16.9. The highest BCUT2D eigenvalue weighted by Gasteiger charge is 2.52.